The van der Waals surface area contributed by atoms with Crippen LogP contribution in [-0.2, 0) is 6.42 Å². The maximum atomic E-state index is 3.49. The van der Waals surface area contributed by atoms with Gasteiger partial charge in [-0.25, -0.2) is 0 Å². The number of hydrogen-bond acceptors (Lipinski definition) is 3. The van der Waals surface area contributed by atoms with Crippen LogP contribution in [0.2, 0.25) is 0 Å². The SMILES string of the molecule is c1ccc2sc3cc(N(c4ccccc4)c4ccc5sc6c7ccccc7cc7c6c5c4C4CCCCC4CC(C4=CCCC=C4)C7)c4ccccc4c3c2c#1. The highest BCUT2D eigenvalue weighted by Crippen LogP contribution is 2.56. The number of anilines is 3. The summed E-state index contributed by atoms with van der Waals surface area (Å²) in [6.07, 6.45) is 17.3. The molecule has 3 atom stereocenters. The molecule has 2 heterocycles. The first-order valence-electron chi connectivity index (χ1n) is 20.6. The van der Waals surface area contributed by atoms with Gasteiger partial charge in [0.2, 0.25) is 0 Å². The maximum Gasteiger partial charge on any atom is 0.0554 e. The smallest absolute Gasteiger partial charge is 0.0554 e. The van der Waals surface area contributed by atoms with Gasteiger partial charge >= 0.3 is 0 Å². The monoisotopic (exact) mass is 755 g/mol. The van der Waals surface area contributed by atoms with Gasteiger partial charge in [-0.3, -0.25) is 0 Å². The van der Waals surface area contributed by atoms with Crippen LogP contribution in [-0.4, -0.2) is 0 Å². The number of hydrogen-bond donors (Lipinski definition) is 0. The second-order valence-corrected chi connectivity index (χ2v) is 18.5. The number of allylic oxidation sites excluding steroid dienone is 4. The fourth-order valence-corrected chi connectivity index (χ4v) is 13.3. The summed E-state index contributed by atoms with van der Waals surface area (Å²) in [6.45, 7) is 0. The van der Waals surface area contributed by atoms with E-state index in [-0.39, 0.29) is 0 Å². The van der Waals surface area contributed by atoms with Crippen molar-refractivity contribution in [3.05, 3.63) is 162 Å². The third kappa shape index (κ3) is 5.05. The summed E-state index contributed by atoms with van der Waals surface area (Å²) in [5.74, 6) is 1.62. The van der Waals surface area contributed by atoms with Crippen LogP contribution in [0.1, 0.15) is 62.0 Å². The molecule has 3 aliphatic rings. The van der Waals surface area contributed by atoms with Crippen molar-refractivity contribution in [2.24, 2.45) is 11.8 Å². The van der Waals surface area contributed by atoms with E-state index in [2.05, 4.69) is 144 Å². The molecule has 9 aromatic rings. The largest absolute Gasteiger partial charge is 0.310 e. The van der Waals surface area contributed by atoms with Gasteiger partial charge in [0.25, 0.3) is 0 Å². The van der Waals surface area contributed by atoms with Gasteiger partial charge in [-0.15, -0.1) is 22.7 Å². The van der Waals surface area contributed by atoms with E-state index in [1.54, 1.807) is 11.1 Å². The Labute approximate surface area is 336 Å². The lowest BCUT2D eigenvalue weighted by molar-refractivity contribution is 0.265. The van der Waals surface area contributed by atoms with E-state index in [0.29, 0.717) is 17.8 Å². The molecule has 1 nitrogen and oxygen atoms in total. The number of rotatable bonds is 4. The Hall–Kier alpha value is -5.40. The van der Waals surface area contributed by atoms with Crippen LogP contribution in [0.25, 0.3) is 61.9 Å². The zero-order chi connectivity index (χ0) is 36.7. The summed E-state index contributed by atoms with van der Waals surface area (Å²) in [5.41, 5.74) is 8.49. The minimum absolute atomic E-state index is 0.476. The van der Waals surface area contributed by atoms with Crippen molar-refractivity contribution in [2.75, 3.05) is 4.90 Å². The number of thiophene rings is 2. The standard InChI is InChI=1S/C53H41NS2/c1-3-15-33(16-4-1)36-29-34-17-7-9-21-39(34)51-44(27-28-47-52(51)49-37(31-36)30-35-18-8-10-22-40(35)53(49)56-47)54(38-19-5-2-6-20-38)45-32-48-50(42-24-12-11-23-41(42)45)43-25-13-14-26-46(43)55-48/h2-3,5-6,8,10-12,14-16,18-20,22-24,26-28,30,32,34,36,39H,1,4,7,9,17,21,29,31H2. The molecule has 1 fully saturated rings. The van der Waals surface area contributed by atoms with Gasteiger partial charge in [-0.05, 0) is 132 Å². The van der Waals surface area contributed by atoms with Crippen LogP contribution in [0.3, 0.4) is 0 Å². The van der Waals surface area contributed by atoms with Crippen molar-refractivity contribution in [3.8, 4) is 0 Å². The molecule has 3 unspecified atom stereocenters. The molecule has 56 heavy (non-hydrogen) atoms. The lowest BCUT2D eigenvalue weighted by atomic mass is 9.69. The fraction of sp³-hybridized carbons (Fsp3) is 0.208. The Morgan fingerprint density at radius 2 is 1.50 bits per heavy atom. The number of nitrogens with zero attached hydrogens (tertiary/aromatic N) is 1. The highest BCUT2D eigenvalue weighted by molar-refractivity contribution is 7.27. The minimum atomic E-state index is 0.476. The van der Waals surface area contributed by atoms with E-state index in [0.717, 1.165) is 19.3 Å². The zero-order valence-corrected chi connectivity index (χ0v) is 33.0. The average molecular weight is 756 g/mol. The lowest BCUT2D eigenvalue weighted by Gasteiger charge is -2.38. The first-order chi connectivity index (χ1) is 27.8. The Kier molecular flexibility index (Phi) is 7.67. The van der Waals surface area contributed by atoms with Gasteiger partial charge in [0, 0.05) is 46.0 Å². The topological polar surface area (TPSA) is 3.24 Å². The predicted molar refractivity (Wildman–Crippen MR) is 243 cm³/mol. The number of para-hydroxylation sites is 1. The van der Waals surface area contributed by atoms with Crippen molar-refractivity contribution in [1.82, 2.24) is 0 Å². The highest BCUT2D eigenvalue weighted by Gasteiger charge is 2.37. The van der Waals surface area contributed by atoms with Crippen molar-refractivity contribution in [2.45, 2.75) is 57.3 Å². The zero-order valence-electron chi connectivity index (χ0n) is 31.4. The number of fused-ring (bicyclic) bond motifs is 9. The van der Waals surface area contributed by atoms with Gasteiger partial charge in [-0.1, -0.05) is 116 Å². The summed E-state index contributed by atoms with van der Waals surface area (Å²) < 4.78 is 5.46. The molecule has 12 rings (SSSR count). The quantitative estimate of drug-likeness (QED) is 0.173. The Bertz CT molecular complexity index is 3070. The van der Waals surface area contributed by atoms with Gasteiger partial charge in [0.05, 0.1) is 16.8 Å². The molecule has 0 saturated heterocycles. The lowest BCUT2D eigenvalue weighted by Crippen LogP contribution is -2.24. The van der Waals surface area contributed by atoms with Crippen LogP contribution in [0, 0.1) is 24.0 Å². The molecule has 0 radical (unpaired) electrons. The molecule has 0 N–H and O–H groups in total. The van der Waals surface area contributed by atoms with Crippen molar-refractivity contribution in [1.29, 1.82) is 0 Å². The first-order valence-corrected chi connectivity index (χ1v) is 22.2. The predicted octanol–water partition coefficient (Wildman–Crippen LogP) is 15.9. The van der Waals surface area contributed by atoms with Crippen LogP contribution in [0.4, 0.5) is 17.1 Å². The second kappa shape index (κ2) is 13.1. The average Bonchev–Trinajstić information content (AvgIpc) is 3.85. The molecule has 3 aliphatic carbocycles. The van der Waals surface area contributed by atoms with Crippen LogP contribution in [0.5, 0.6) is 0 Å². The third-order valence-corrected chi connectivity index (χ3v) is 15.6. The normalized spacial score (nSPS) is 19.6. The van der Waals surface area contributed by atoms with E-state index < -0.39 is 0 Å². The van der Waals surface area contributed by atoms with Crippen LogP contribution in [0.15, 0.2) is 139 Å². The molecule has 1 saturated carbocycles. The molecular formula is C53H41NS2. The molecule has 0 amide bonds. The summed E-state index contributed by atoms with van der Waals surface area (Å²) in [7, 11) is 0. The van der Waals surface area contributed by atoms with E-state index in [1.165, 1.54) is 117 Å². The molecule has 3 heteroatoms. The summed E-state index contributed by atoms with van der Waals surface area (Å²) >= 11 is 3.91. The second-order valence-electron chi connectivity index (χ2n) is 16.3. The van der Waals surface area contributed by atoms with E-state index in [1.807, 2.05) is 28.7 Å². The van der Waals surface area contributed by atoms with Crippen molar-refractivity contribution >= 4 is 102 Å². The molecule has 270 valence electrons. The minimum Gasteiger partial charge on any atom is -0.310 e. The highest BCUT2D eigenvalue weighted by atomic mass is 32.1. The van der Waals surface area contributed by atoms with Gasteiger partial charge in [-0.2, -0.15) is 0 Å². The summed E-state index contributed by atoms with van der Waals surface area (Å²) in [6, 6.07) is 50.4. The Balaban J connectivity index is 1.20. The van der Waals surface area contributed by atoms with Crippen LogP contribution >= 0.6 is 22.7 Å². The van der Waals surface area contributed by atoms with E-state index in [9.17, 15) is 0 Å². The summed E-state index contributed by atoms with van der Waals surface area (Å²) in [5, 5.41) is 10.8. The molecule has 0 spiro atoms. The molecule has 0 aliphatic heterocycles. The molecule has 0 bridgehead atoms. The number of benzene rings is 6. The molecular weight excluding hydrogens is 715 g/mol. The summed E-state index contributed by atoms with van der Waals surface area (Å²) in [4.78, 5) is 2.65. The third-order valence-electron chi connectivity index (χ3n) is 13.3. The van der Waals surface area contributed by atoms with Crippen molar-refractivity contribution < 1.29 is 0 Å². The maximum absolute atomic E-state index is 3.49. The first kappa shape index (κ1) is 32.8. The van der Waals surface area contributed by atoms with E-state index in [4.69, 9.17) is 0 Å². The van der Waals surface area contributed by atoms with Crippen molar-refractivity contribution in [3.63, 3.8) is 0 Å². The van der Waals surface area contributed by atoms with Gasteiger partial charge in [0.15, 0.2) is 0 Å². The Morgan fingerprint density at radius 1 is 0.661 bits per heavy atom. The van der Waals surface area contributed by atoms with Gasteiger partial charge < -0.3 is 4.90 Å². The Morgan fingerprint density at radius 3 is 2.39 bits per heavy atom. The molecule has 7 aromatic carbocycles. The van der Waals surface area contributed by atoms with Crippen LogP contribution < -0.4 is 4.90 Å². The van der Waals surface area contributed by atoms with E-state index >= 15 is 0 Å². The fourth-order valence-electron chi connectivity index (χ4n) is 10.9. The van der Waals surface area contributed by atoms with Gasteiger partial charge in [0.1, 0.15) is 0 Å². The molecule has 2 aromatic heterocycles.